The number of carbonyl (C=O) groups is 1. The van der Waals surface area contributed by atoms with Crippen LogP contribution in [0.15, 0.2) is 48.5 Å². The van der Waals surface area contributed by atoms with Crippen molar-refractivity contribution in [3.63, 3.8) is 0 Å². The third-order valence-electron chi connectivity index (χ3n) is 4.97. The van der Waals surface area contributed by atoms with Gasteiger partial charge in [-0.05, 0) is 43.2 Å². The van der Waals surface area contributed by atoms with Crippen molar-refractivity contribution < 1.29 is 17.6 Å². The molecular formula is C21H25FN2O3S. The fourth-order valence-corrected chi connectivity index (χ4v) is 4.29. The first-order valence-electron chi connectivity index (χ1n) is 9.47. The molecule has 5 nitrogen and oxygen atoms in total. The minimum Gasteiger partial charge on any atom is -0.339 e. The van der Waals surface area contributed by atoms with Crippen LogP contribution in [0.5, 0.6) is 0 Å². The number of sulfonamides is 1. The third kappa shape index (κ3) is 4.90. The van der Waals surface area contributed by atoms with E-state index in [9.17, 15) is 17.6 Å². The van der Waals surface area contributed by atoms with Gasteiger partial charge >= 0.3 is 0 Å². The van der Waals surface area contributed by atoms with Crippen molar-refractivity contribution in [3.05, 3.63) is 65.5 Å². The van der Waals surface area contributed by atoms with Crippen LogP contribution in [-0.4, -0.2) is 38.6 Å². The highest BCUT2D eigenvalue weighted by Crippen LogP contribution is 2.23. The molecule has 0 N–H and O–H groups in total. The molecule has 150 valence electrons. The number of nitrogens with zero attached hydrogens (tertiary/aromatic N) is 2. The Morgan fingerprint density at radius 1 is 1.00 bits per heavy atom. The molecule has 0 spiro atoms. The van der Waals surface area contributed by atoms with Crippen molar-refractivity contribution in [2.75, 3.05) is 23.7 Å². The highest BCUT2D eigenvalue weighted by atomic mass is 32.2. The highest BCUT2D eigenvalue weighted by Gasteiger charge is 2.21. The molecule has 1 fully saturated rings. The molecule has 1 aliphatic rings. The molecule has 0 saturated carbocycles. The summed E-state index contributed by atoms with van der Waals surface area (Å²) in [5.74, 6) is -0.488. The lowest BCUT2D eigenvalue weighted by molar-refractivity contribution is 0.0761. The summed E-state index contributed by atoms with van der Waals surface area (Å²) in [5, 5.41) is 0. The number of anilines is 1. The molecule has 0 unspecified atom stereocenters. The lowest BCUT2D eigenvalue weighted by atomic mass is 10.1. The summed E-state index contributed by atoms with van der Waals surface area (Å²) in [5.41, 5.74) is 1.22. The summed E-state index contributed by atoms with van der Waals surface area (Å²) >= 11 is 0. The Kier molecular flexibility index (Phi) is 6.34. The maximum Gasteiger partial charge on any atom is 0.253 e. The molecule has 2 aromatic rings. The Hall–Kier alpha value is -2.41. The Morgan fingerprint density at radius 3 is 2.18 bits per heavy atom. The summed E-state index contributed by atoms with van der Waals surface area (Å²) in [6, 6.07) is 12.6. The first-order valence-corrected chi connectivity index (χ1v) is 11.3. The molecular weight excluding hydrogens is 379 g/mol. The second-order valence-electron chi connectivity index (χ2n) is 7.11. The van der Waals surface area contributed by atoms with Crippen molar-refractivity contribution in [2.24, 2.45) is 0 Å². The van der Waals surface area contributed by atoms with E-state index in [0.717, 1.165) is 49.3 Å². The first-order chi connectivity index (χ1) is 13.4. The number of halogens is 1. The largest absolute Gasteiger partial charge is 0.339 e. The van der Waals surface area contributed by atoms with Gasteiger partial charge in [-0.15, -0.1) is 0 Å². The smallest absolute Gasteiger partial charge is 0.253 e. The van der Waals surface area contributed by atoms with Crippen molar-refractivity contribution in [1.82, 2.24) is 4.90 Å². The quantitative estimate of drug-likeness (QED) is 0.761. The van der Waals surface area contributed by atoms with Crippen molar-refractivity contribution >= 4 is 21.6 Å². The molecule has 2 aromatic carbocycles. The molecule has 0 radical (unpaired) electrons. The van der Waals surface area contributed by atoms with E-state index in [2.05, 4.69) is 0 Å². The van der Waals surface area contributed by atoms with Crippen LogP contribution in [0.1, 0.15) is 41.6 Å². The number of likely N-dealkylation sites (tertiary alicyclic amines) is 1. The summed E-state index contributed by atoms with van der Waals surface area (Å²) in [7, 11) is -3.62. The predicted molar refractivity (Wildman–Crippen MR) is 108 cm³/mol. The van der Waals surface area contributed by atoms with E-state index in [1.807, 2.05) is 4.90 Å². The summed E-state index contributed by atoms with van der Waals surface area (Å²) in [6.07, 6.45) is 5.39. The molecule has 0 atom stereocenters. The van der Waals surface area contributed by atoms with Crippen molar-refractivity contribution in [1.29, 1.82) is 0 Å². The zero-order valence-corrected chi connectivity index (χ0v) is 16.8. The number of carbonyl (C=O) groups excluding carboxylic acids is 1. The van der Waals surface area contributed by atoms with Crippen molar-refractivity contribution in [3.8, 4) is 0 Å². The van der Waals surface area contributed by atoms with Gasteiger partial charge in [0.05, 0.1) is 18.5 Å². The lowest BCUT2D eigenvalue weighted by Crippen LogP contribution is -2.32. The van der Waals surface area contributed by atoms with E-state index < -0.39 is 15.8 Å². The van der Waals surface area contributed by atoms with Crippen LogP contribution in [0.2, 0.25) is 0 Å². The van der Waals surface area contributed by atoms with Crippen LogP contribution in [0.3, 0.4) is 0 Å². The Morgan fingerprint density at radius 2 is 1.61 bits per heavy atom. The summed E-state index contributed by atoms with van der Waals surface area (Å²) in [6.45, 7) is 1.40. The van der Waals surface area contributed by atoms with Crippen LogP contribution in [0.4, 0.5) is 10.1 Å². The fourth-order valence-electron chi connectivity index (χ4n) is 3.41. The number of amides is 1. The molecule has 0 aromatic heterocycles. The van der Waals surface area contributed by atoms with Gasteiger partial charge in [-0.3, -0.25) is 9.10 Å². The minimum absolute atomic E-state index is 0.0338. The van der Waals surface area contributed by atoms with Crippen LogP contribution in [0.25, 0.3) is 0 Å². The van der Waals surface area contributed by atoms with Crippen LogP contribution in [-0.2, 0) is 16.6 Å². The Bertz CT molecular complexity index is 921. The van der Waals surface area contributed by atoms with Gasteiger partial charge < -0.3 is 4.90 Å². The summed E-state index contributed by atoms with van der Waals surface area (Å²) in [4.78, 5) is 14.6. The van der Waals surface area contributed by atoms with Gasteiger partial charge in [0.25, 0.3) is 5.91 Å². The SMILES string of the molecule is CS(=O)(=O)N(Cc1ccccc1F)c1ccc(C(=O)N2CCCCCC2)cc1. The zero-order chi connectivity index (χ0) is 20.1. The normalized spacial score (nSPS) is 15.1. The van der Waals surface area contributed by atoms with E-state index in [-0.39, 0.29) is 18.0 Å². The monoisotopic (exact) mass is 404 g/mol. The van der Waals surface area contributed by atoms with Gasteiger partial charge in [0.1, 0.15) is 5.82 Å². The molecule has 3 rings (SSSR count). The molecule has 1 saturated heterocycles. The molecule has 1 amide bonds. The summed E-state index contributed by atoms with van der Waals surface area (Å²) < 4.78 is 39.7. The van der Waals surface area contributed by atoms with E-state index in [1.54, 1.807) is 42.5 Å². The number of benzene rings is 2. The average Bonchev–Trinajstić information content (AvgIpc) is 2.95. The van der Waals surface area contributed by atoms with Gasteiger partial charge in [-0.1, -0.05) is 31.0 Å². The Labute approximate surface area is 165 Å². The zero-order valence-electron chi connectivity index (χ0n) is 16.0. The topological polar surface area (TPSA) is 57.7 Å². The van der Waals surface area contributed by atoms with E-state index in [0.29, 0.717) is 11.3 Å². The highest BCUT2D eigenvalue weighted by molar-refractivity contribution is 7.92. The van der Waals surface area contributed by atoms with E-state index in [1.165, 1.54) is 6.07 Å². The average molecular weight is 405 g/mol. The molecule has 1 aliphatic heterocycles. The molecule has 28 heavy (non-hydrogen) atoms. The van der Waals surface area contributed by atoms with Crippen LogP contribution in [0, 0.1) is 5.82 Å². The van der Waals surface area contributed by atoms with Gasteiger partial charge in [-0.25, -0.2) is 12.8 Å². The molecule has 0 bridgehead atoms. The first kappa shape index (κ1) is 20.3. The molecule has 7 heteroatoms. The lowest BCUT2D eigenvalue weighted by Gasteiger charge is -2.24. The van der Waals surface area contributed by atoms with Gasteiger partial charge in [-0.2, -0.15) is 0 Å². The standard InChI is InChI=1S/C21H25FN2O3S/c1-28(26,27)24(16-18-8-4-5-9-20(18)22)19-12-10-17(11-13-19)21(25)23-14-6-2-3-7-15-23/h4-5,8-13H,2-3,6-7,14-16H2,1H3. The van der Waals surface area contributed by atoms with Gasteiger partial charge in [0, 0.05) is 24.2 Å². The molecule has 1 heterocycles. The molecule has 0 aliphatic carbocycles. The maximum atomic E-state index is 14.0. The maximum absolute atomic E-state index is 14.0. The minimum atomic E-state index is -3.62. The van der Waals surface area contributed by atoms with E-state index >= 15 is 0 Å². The van der Waals surface area contributed by atoms with Gasteiger partial charge in [0.15, 0.2) is 0 Å². The number of hydrogen-bond donors (Lipinski definition) is 0. The van der Waals surface area contributed by atoms with Crippen molar-refractivity contribution in [2.45, 2.75) is 32.2 Å². The number of rotatable bonds is 5. The second-order valence-corrected chi connectivity index (χ2v) is 9.02. The van der Waals surface area contributed by atoms with Crippen LogP contribution >= 0.6 is 0 Å². The van der Waals surface area contributed by atoms with E-state index in [4.69, 9.17) is 0 Å². The third-order valence-corrected chi connectivity index (χ3v) is 6.11. The van der Waals surface area contributed by atoms with Gasteiger partial charge in [0.2, 0.25) is 10.0 Å². The predicted octanol–water partition coefficient (Wildman–Crippen LogP) is 3.81. The number of hydrogen-bond acceptors (Lipinski definition) is 3. The van der Waals surface area contributed by atoms with Crippen LogP contribution < -0.4 is 4.31 Å². The second kappa shape index (κ2) is 8.73. The Balaban J connectivity index is 1.82. The fraction of sp³-hybridized carbons (Fsp3) is 0.381.